The largest absolute Gasteiger partial charge is 0.299 e. The SMILES string of the molecule is NC(=[NH2+])SCCSC(CSC(N)=[NH2+])c1ccc(Sc2ccc(C(CSC(N)=[NH2+])SCCSC(N)=[NH2+])cc2)cc1. The van der Waals surface area contributed by atoms with Crippen LogP contribution in [0.15, 0.2) is 58.3 Å². The van der Waals surface area contributed by atoms with Gasteiger partial charge in [0.25, 0.3) is 20.7 Å². The molecule has 8 nitrogen and oxygen atoms in total. The zero-order chi connectivity index (χ0) is 28.6. The van der Waals surface area contributed by atoms with Crippen molar-refractivity contribution in [2.75, 3.05) is 34.5 Å². The van der Waals surface area contributed by atoms with Gasteiger partial charge in [-0.15, -0.1) is 0 Å². The standard InChI is InChI=1S/C24H34N8S7/c25-21(26)35-11-9-33-19(13-37-23(29)30)15-1-5-17(6-2-15)39-18-7-3-16(4-8-18)20(14-38-24(31)32)34-10-12-36-22(27)28/h1-8,19-20H,9-14H2,(H3,25,26)(H3,27,28)(H3,29,30)(H3,31,32)/p+4. The van der Waals surface area contributed by atoms with E-state index in [-0.39, 0.29) is 10.5 Å². The van der Waals surface area contributed by atoms with Gasteiger partial charge >= 0.3 is 0 Å². The fraction of sp³-hybridized carbons (Fsp3) is 0.333. The van der Waals surface area contributed by atoms with E-state index in [0.717, 1.165) is 34.5 Å². The summed E-state index contributed by atoms with van der Waals surface area (Å²) in [6.07, 6.45) is 0. The molecule has 0 amide bonds. The topological polar surface area (TPSA) is 206 Å². The van der Waals surface area contributed by atoms with Gasteiger partial charge in [-0.1, -0.05) is 36.0 Å². The Kier molecular flexibility index (Phi) is 16.5. The predicted molar refractivity (Wildman–Crippen MR) is 182 cm³/mol. The number of nitrogens with two attached hydrogens (primary N) is 8. The van der Waals surface area contributed by atoms with Crippen molar-refractivity contribution in [3.8, 4) is 0 Å². The maximum Gasteiger partial charge on any atom is 0.299 e. The molecule has 0 aliphatic heterocycles. The molecular weight excluding hydrogens is 625 g/mol. The first-order valence-electron chi connectivity index (χ1n) is 11.8. The van der Waals surface area contributed by atoms with Gasteiger partial charge in [0.05, 0.1) is 0 Å². The Morgan fingerprint density at radius 1 is 0.513 bits per heavy atom. The summed E-state index contributed by atoms with van der Waals surface area (Å²) in [5.41, 5.74) is 25.0. The minimum Gasteiger partial charge on any atom is -0.282 e. The maximum absolute atomic E-state index is 5.70. The smallest absolute Gasteiger partial charge is 0.282 e. The summed E-state index contributed by atoms with van der Waals surface area (Å²) in [7, 11) is 0. The average molecular weight is 663 g/mol. The van der Waals surface area contributed by atoms with E-state index in [0.29, 0.717) is 20.7 Å². The summed E-state index contributed by atoms with van der Waals surface area (Å²) in [5, 5.41) is 24.6. The lowest BCUT2D eigenvalue weighted by Crippen LogP contribution is -2.43. The molecule has 0 spiro atoms. The van der Waals surface area contributed by atoms with Crippen molar-refractivity contribution >= 4 is 103 Å². The number of hydrogen-bond acceptors (Lipinski definition) is 7. The van der Waals surface area contributed by atoms with E-state index < -0.39 is 0 Å². The molecule has 0 radical (unpaired) electrons. The summed E-state index contributed by atoms with van der Waals surface area (Å²) in [6.45, 7) is 0. The van der Waals surface area contributed by atoms with E-state index in [9.17, 15) is 0 Å². The molecule has 39 heavy (non-hydrogen) atoms. The van der Waals surface area contributed by atoms with Crippen LogP contribution < -0.4 is 44.6 Å². The molecule has 0 heterocycles. The molecule has 0 saturated carbocycles. The molecule has 0 aromatic heterocycles. The quantitative estimate of drug-likeness (QED) is 0.0597. The lowest BCUT2D eigenvalue weighted by atomic mass is 10.2. The van der Waals surface area contributed by atoms with E-state index in [1.807, 2.05) is 23.5 Å². The van der Waals surface area contributed by atoms with Gasteiger partial charge in [-0.05, 0) is 82.4 Å². The first-order chi connectivity index (χ1) is 18.6. The first kappa shape index (κ1) is 34.0. The molecule has 0 aliphatic rings. The first-order valence-corrected chi connectivity index (χ1v) is 18.6. The predicted octanol–water partition coefficient (Wildman–Crippen LogP) is -1.39. The number of amidine groups is 4. The van der Waals surface area contributed by atoms with Gasteiger partial charge < -0.3 is 0 Å². The minimum atomic E-state index is 0.264. The molecular formula is C24H38N8S7+4. The summed E-state index contributed by atoms with van der Waals surface area (Å²) in [4.78, 5) is 2.35. The molecule has 16 N–H and O–H groups in total. The highest BCUT2D eigenvalue weighted by atomic mass is 32.2. The van der Waals surface area contributed by atoms with Crippen LogP contribution in [0.5, 0.6) is 0 Å². The zero-order valence-corrected chi connectivity index (χ0v) is 27.2. The Morgan fingerprint density at radius 2 is 0.846 bits per heavy atom. The van der Waals surface area contributed by atoms with Gasteiger partial charge in [-0.2, -0.15) is 23.5 Å². The Bertz CT molecular complexity index is 997. The lowest BCUT2D eigenvalue weighted by molar-refractivity contribution is -0.110. The van der Waals surface area contributed by atoms with E-state index >= 15 is 0 Å². The van der Waals surface area contributed by atoms with Crippen molar-refractivity contribution in [2.45, 2.75) is 20.3 Å². The lowest BCUT2D eigenvalue weighted by Gasteiger charge is -2.17. The van der Waals surface area contributed by atoms with E-state index in [1.165, 1.54) is 68.0 Å². The fourth-order valence-corrected chi connectivity index (χ4v) is 9.41. The Labute approximate surface area is 260 Å². The highest BCUT2D eigenvalue weighted by Gasteiger charge is 2.17. The van der Waals surface area contributed by atoms with E-state index in [1.54, 1.807) is 11.8 Å². The number of thioether (sulfide) groups is 6. The van der Waals surface area contributed by atoms with E-state index in [4.69, 9.17) is 44.6 Å². The molecule has 0 bridgehead atoms. The van der Waals surface area contributed by atoms with Crippen molar-refractivity contribution in [1.29, 1.82) is 0 Å². The molecule has 2 rings (SSSR count). The zero-order valence-electron chi connectivity index (χ0n) is 21.5. The second kappa shape index (κ2) is 19.0. The summed E-state index contributed by atoms with van der Waals surface area (Å²) in [6, 6.07) is 17.4. The molecule has 2 unspecified atom stereocenters. The number of rotatable bonds is 16. The van der Waals surface area contributed by atoms with Crippen LogP contribution in [0.1, 0.15) is 21.6 Å². The number of hydrogen-bond donors (Lipinski definition) is 8. The van der Waals surface area contributed by atoms with Gasteiger partial charge in [0, 0.05) is 54.8 Å². The van der Waals surface area contributed by atoms with E-state index in [2.05, 4.69) is 48.5 Å². The highest BCUT2D eigenvalue weighted by Crippen LogP contribution is 2.37. The molecule has 2 aromatic carbocycles. The van der Waals surface area contributed by atoms with Crippen LogP contribution >= 0.6 is 82.3 Å². The molecule has 0 fully saturated rings. The molecule has 2 atom stereocenters. The molecule has 0 aliphatic carbocycles. The summed E-state index contributed by atoms with van der Waals surface area (Å²) >= 11 is 11.3. The third-order valence-electron chi connectivity index (χ3n) is 4.88. The third kappa shape index (κ3) is 14.8. The van der Waals surface area contributed by atoms with Crippen LogP contribution in [-0.2, 0) is 0 Å². The molecule has 2 aromatic rings. The van der Waals surface area contributed by atoms with Crippen LogP contribution in [0, 0.1) is 0 Å². The third-order valence-corrected chi connectivity index (χ3v) is 12.6. The second-order valence-electron chi connectivity index (χ2n) is 7.89. The highest BCUT2D eigenvalue weighted by molar-refractivity contribution is 8.15. The van der Waals surface area contributed by atoms with Gasteiger partial charge in [-0.25, -0.2) is 0 Å². The minimum absolute atomic E-state index is 0.264. The Morgan fingerprint density at radius 3 is 1.15 bits per heavy atom. The van der Waals surface area contributed by atoms with Crippen molar-refractivity contribution in [1.82, 2.24) is 0 Å². The van der Waals surface area contributed by atoms with Crippen LogP contribution in [0.3, 0.4) is 0 Å². The van der Waals surface area contributed by atoms with Gasteiger partial charge in [0.15, 0.2) is 0 Å². The molecule has 212 valence electrons. The summed E-state index contributed by atoms with van der Waals surface area (Å²) in [5.74, 6) is 5.16. The Hall–Kier alpha value is -1.23. The normalized spacial score (nSPS) is 12.5. The summed E-state index contributed by atoms with van der Waals surface area (Å²) < 4.78 is 0. The molecule has 0 saturated heterocycles. The van der Waals surface area contributed by atoms with Gasteiger partial charge in [0.1, 0.15) is 0 Å². The van der Waals surface area contributed by atoms with Crippen molar-refractivity contribution < 1.29 is 21.6 Å². The number of benzene rings is 2. The van der Waals surface area contributed by atoms with Crippen LogP contribution in [-0.4, -0.2) is 55.2 Å². The average Bonchev–Trinajstić information content (AvgIpc) is 2.88. The second-order valence-corrected chi connectivity index (χ2v) is 16.2. The van der Waals surface area contributed by atoms with Crippen molar-refractivity contribution in [3.63, 3.8) is 0 Å². The van der Waals surface area contributed by atoms with Gasteiger partial charge in [-0.3, -0.25) is 44.6 Å². The maximum atomic E-state index is 5.70. The monoisotopic (exact) mass is 662 g/mol. The van der Waals surface area contributed by atoms with Crippen LogP contribution in [0.25, 0.3) is 0 Å². The molecule has 15 heteroatoms. The van der Waals surface area contributed by atoms with Crippen molar-refractivity contribution in [3.05, 3.63) is 59.7 Å². The van der Waals surface area contributed by atoms with Gasteiger partial charge in [0.2, 0.25) is 0 Å². The van der Waals surface area contributed by atoms with Crippen molar-refractivity contribution in [2.24, 2.45) is 22.9 Å². The van der Waals surface area contributed by atoms with Crippen LogP contribution in [0.2, 0.25) is 0 Å². The Balaban J connectivity index is 2.01. The fourth-order valence-electron chi connectivity index (χ4n) is 3.16. The van der Waals surface area contributed by atoms with Crippen LogP contribution in [0.4, 0.5) is 0 Å².